The first-order valence-electron chi connectivity index (χ1n) is 5.51. The number of nitrogens with one attached hydrogen (secondary N) is 1. The summed E-state index contributed by atoms with van der Waals surface area (Å²) in [4.78, 5) is 33.6. The number of aromatic amines is 1. The van der Waals surface area contributed by atoms with Crippen LogP contribution in [0.1, 0.15) is 10.4 Å². The normalized spacial score (nSPS) is 10.8. The van der Waals surface area contributed by atoms with Crippen LogP contribution >= 0.6 is 15.9 Å². The molecular weight excluding hydrogens is 328 g/mol. The molecule has 0 aromatic carbocycles. The molecule has 100 valence electrons. The molecule has 0 radical (unpaired) electrons. The number of hydrogen-bond acceptors (Lipinski definition) is 4. The molecular formula is C12H7BrN4O3. The maximum Gasteiger partial charge on any atom is 0.337 e. The van der Waals surface area contributed by atoms with E-state index in [0.29, 0.717) is 21.2 Å². The number of H-pyrrole nitrogens is 1. The predicted molar refractivity (Wildman–Crippen MR) is 74.1 cm³/mol. The lowest BCUT2D eigenvalue weighted by Crippen LogP contribution is -2.09. The molecule has 20 heavy (non-hydrogen) atoms. The van der Waals surface area contributed by atoms with Gasteiger partial charge in [-0.05, 0) is 22.0 Å². The molecule has 0 fully saturated rings. The molecule has 0 saturated carbocycles. The summed E-state index contributed by atoms with van der Waals surface area (Å²) in [6.45, 7) is 0. The van der Waals surface area contributed by atoms with Crippen molar-refractivity contribution < 1.29 is 9.90 Å². The molecule has 3 rings (SSSR count). The number of carbonyl (C=O) groups is 1. The van der Waals surface area contributed by atoms with Crippen molar-refractivity contribution in [2.45, 2.75) is 0 Å². The van der Waals surface area contributed by atoms with Gasteiger partial charge >= 0.3 is 5.97 Å². The summed E-state index contributed by atoms with van der Waals surface area (Å²) in [6, 6.07) is 1.39. The Morgan fingerprint density at radius 1 is 1.45 bits per heavy atom. The lowest BCUT2D eigenvalue weighted by Gasteiger charge is -2.07. The molecule has 0 unspecified atom stereocenters. The summed E-state index contributed by atoms with van der Waals surface area (Å²) < 4.78 is 2.05. The van der Waals surface area contributed by atoms with Crippen LogP contribution in [0.25, 0.3) is 16.7 Å². The average Bonchev–Trinajstić information content (AvgIpc) is 2.77. The first kappa shape index (κ1) is 12.5. The van der Waals surface area contributed by atoms with Gasteiger partial charge in [0.1, 0.15) is 0 Å². The molecule has 2 N–H and O–H groups in total. The molecule has 7 nitrogen and oxygen atoms in total. The van der Waals surface area contributed by atoms with Gasteiger partial charge in [-0.2, -0.15) is 0 Å². The highest BCUT2D eigenvalue weighted by atomic mass is 79.9. The monoisotopic (exact) mass is 334 g/mol. The van der Waals surface area contributed by atoms with E-state index >= 15 is 0 Å². The van der Waals surface area contributed by atoms with E-state index < -0.39 is 5.97 Å². The number of aromatic nitrogens is 4. The zero-order valence-corrected chi connectivity index (χ0v) is 11.5. The van der Waals surface area contributed by atoms with Crippen LogP contribution in [0.3, 0.4) is 0 Å². The van der Waals surface area contributed by atoms with Crippen LogP contribution < -0.4 is 5.56 Å². The van der Waals surface area contributed by atoms with Crippen molar-refractivity contribution >= 4 is 32.9 Å². The van der Waals surface area contributed by atoms with Crippen LogP contribution in [0.15, 0.2) is 40.3 Å². The molecule has 3 aromatic heterocycles. The standard InChI is InChI=1S/C12H7BrN4O3/c13-7-4-17(10-9(7)11(18)16-5-15-10)8-3-14-2-1-6(8)12(19)20/h1-5H,(H,19,20)(H,15,16,18). The molecule has 0 spiro atoms. The van der Waals surface area contributed by atoms with Gasteiger partial charge in [0.25, 0.3) is 5.56 Å². The number of aromatic carboxylic acids is 1. The largest absolute Gasteiger partial charge is 0.478 e. The summed E-state index contributed by atoms with van der Waals surface area (Å²) in [5, 5.41) is 9.57. The Labute approximate surface area is 120 Å². The maximum atomic E-state index is 11.8. The number of halogens is 1. The fourth-order valence-corrected chi connectivity index (χ4v) is 2.53. The minimum atomic E-state index is -1.08. The van der Waals surface area contributed by atoms with E-state index in [1.165, 1.54) is 29.4 Å². The zero-order chi connectivity index (χ0) is 14.3. The second kappa shape index (κ2) is 4.57. The van der Waals surface area contributed by atoms with Crippen LogP contribution in [0.2, 0.25) is 0 Å². The van der Waals surface area contributed by atoms with E-state index in [1.54, 1.807) is 6.20 Å². The number of pyridine rings is 1. The Bertz CT molecular complexity index is 884. The number of carboxylic acid groups (broad SMARTS) is 1. The number of hydrogen-bond donors (Lipinski definition) is 2. The van der Waals surface area contributed by atoms with Gasteiger partial charge in [-0.1, -0.05) is 0 Å². The highest BCUT2D eigenvalue weighted by Gasteiger charge is 2.17. The van der Waals surface area contributed by atoms with Crippen molar-refractivity contribution in [3.05, 3.63) is 51.4 Å². The van der Waals surface area contributed by atoms with E-state index in [1.807, 2.05) is 0 Å². The minimum Gasteiger partial charge on any atom is -0.478 e. The van der Waals surface area contributed by atoms with Crippen molar-refractivity contribution in [3.8, 4) is 5.69 Å². The topological polar surface area (TPSA) is 101 Å². The predicted octanol–water partition coefficient (Wildman–Crippen LogP) is 1.57. The van der Waals surface area contributed by atoms with Gasteiger partial charge in [-0.3, -0.25) is 14.3 Å². The number of fused-ring (bicyclic) bond motifs is 1. The van der Waals surface area contributed by atoms with Gasteiger partial charge in [-0.15, -0.1) is 0 Å². The number of nitrogens with zero attached hydrogens (tertiary/aromatic N) is 3. The number of carboxylic acids is 1. The van der Waals surface area contributed by atoms with E-state index in [9.17, 15) is 14.7 Å². The van der Waals surface area contributed by atoms with Gasteiger partial charge < -0.3 is 10.1 Å². The number of rotatable bonds is 2. The third kappa shape index (κ3) is 1.81. The van der Waals surface area contributed by atoms with Crippen LogP contribution in [0.5, 0.6) is 0 Å². The van der Waals surface area contributed by atoms with Crippen LogP contribution in [-0.4, -0.2) is 30.6 Å². The van der Waals surface area contributed by atoms with Crippen molar-refractivity contribution in [2.24, 2.45) is 0 Å². The minimum absolute atomic E-state index is 0.0754. The molecule has 0 amide bonds. The van der Waals surface area contributed by atoms with Crippen LogP contribution in [-0.2, 0) is 0 Å². The fraction of sp³-hybridized carbons (Fsp3) is 0. The Morgan fingerprint density at radius 3 is 3.00 bits per heavy atom. The molecule has 0 atom stereocenters. The Hall–Kier alpha value is -2.48. The summed E-state index contributed by atoms with van der Waals surface area (Å²) >= 11 is 3.28. The Kier molecular flexibility index (Phi) is 2.87. The van der Waals surface area contributed by atoms with Crippen molar-refractivity contribution in [2.75, 3.05) is 0 Å². The van der Waals surface area contributed by atoms with E-state index in [4.69, 9.17) is 0 Å². The first-order valence-corrected chi connectivity index (χ1v) is 6.31. The first-order chi connectivity index (χ1) is 9.59. The fourth-order valence-electron chi connectivity index (χ4n) is 1.97. The lowest BCUT2D eigenvalue weighted by molar-refractivity contribution is 0.0697. The molecule has 0 aliphatic carbocycles. The van der Waals surface area contributed by atoms with E-state index in [-0.39, 0.29) is 11.1 Å². The third-order valence-electron chi connectivity index (χ3n) is 2.83. The summed E-state index contributed by atoms with van der Waals surface area (Å²) in [6.07, 6.45) is 5.67. The van der Waals surface area contributed by atoms with Crippen molar-refractivity contribution in [1.29, 1.82) is 0 Å². The highest BCUT2D eigenvalue weighted by Crippen LogP contribution is 2.25. The smallest absolute Gasteiger partial charge is 0.337 e. The summed E-state index contributed by atoms with van der Waals surface area (Å²) in [5.41, 5.74) is 0.470. The molecule has 3 heterocycles. The van der Waals surface area contributed by atoms with Crippen molar-refractivity contribution in [1.82, 2.24) is 19.5 Å². The quantitative estimate of drug-likeness (QED) is 0.740. The average molecular weight is 335 g/mol. The van der Waals surface area contributed by atoms with Gasteiger partial charge in [0.05, 0.1) is 33.6 Å². The van der Waals surface area contributed by atoms with E-state index in [0.717, 1.165) is 0 Å². The molecule has 0 bridgehead atoms. The summed E-state index contributed by atoms with van der Waals surface area (Å²) in [7, 11) is 0. The third-order valence-corrected chi connectivity index (χ3v) is 3.43. The lowest BCUT2D eigenvalue weighted by atomic mass is 10.2. The van der Waals surface area contributed by atoms with Gasteiger partial charge in [-0.25, -0.2) is 9.78 Å². The van der Waals surface area contributed by atoms with Crippen LogP contribution in [0, 0.1) is 0 Å². The van der Waals surface area contributed by atoms with Crippen molar-refractivity contribution in [3.63, 3.8) is 0 Å². The Balaban J connectivity index is 2.40. The van der Waals surface area contributed by atoms with Gasteiger partial charge in [0.15, 0.2) is 5.65 Å². The van der Waals surface area contributed by atoms with E-state index in [2.05, 4.69) is 30.9 Å². The molecule has 0 aliphatic heterocycles. The second-order valence-electron chi connectivity index (χ2n) is 3.98. The van der Waals surface area contributed by atoms with Gasteiger partial charge in [0.2, 0.25) is 0 Å². The molecule has 8 heteroatoms. The second-order valence-corrected chi connectivity index (χ2v) is 4.83. The maximum absolute atomic E-state index is 11.8. The SMILES string of the molecule is O=C(O)c1ccncc1-n1cc(Br)c2c(=O)[nH]cnc21. The Morgan fingerprint density at radius 2 is 2.25 bits per heavy atom. The van der Waals surface area contributed by atoms with Gasteiger partial charge in [0, 0.05) is 12.4 Å². The van der Waals surface area contributed by atoms with Crippen LogP contribution in [0.4, 0.5) is 0 Å². The molecule has 0 aliphatic rings. The molecule has 3 aromatic rings. The highest BCUT2D eigenvalue weighted by molar-refractivity contribution is 9.10. The molecule has 0 saturated heterocycles. The zero-order valence-electron chi connectivity index (χ0n) is 9.87. The summed E-state index contributed by atoms with van der Waals surface area (Å²) in [5.74, 6) is -1.08.